The van der Waals surface area contributed by atoms with Crippen LogP contribution in [-0.2, 0) is 29.2 Å². The Morgan fingerprint density at radius 3 is 0.547 bits per heavy atom. The number of hydrogen-bond donors (Lipinski definition) is 0. The molecular formula is C42H86CaO8S2. The van der Waals surface area contributed by atoms with Crippen molar-refractivity contribution in [3.63, 3.8) is 0 Å². The first-order valence-corrected chi connectivity index (χ1v) is 25.0. The van der Waals surface area contributed by atoms with Gasteiger partial charge in [-0.05, 0) is 12.8 Å². The fraction of sp³-hybridized carbons (Fsp3) is 1.00. The van der Waals surface area contributed by atoms with Gasteiger partial charge >= 0.3 is 37.7 Å². The smallest absolute Gasteiger partial charge is 0.726 e. The van der Waals surface area contributed by atoms with Gasteiger partial charge in [-0.15, -0.1) is 0 Å². The summed E-state index contributed by atoms with van der Waals surface area (Å²) in [7, 11) is -9.00. The van der Waals surface area contributed by atoms with Gasteiger partial charge in [-0.2, -0.15) is 0 Å². The average molecular weight is 823 g/mol. The van der Waals surface area contributed by atoms with Gasteiger partial charge in [-0.3, -0.25) is 8.37 Å². The topological polar surface area (TPSA) is 133 Å². The van der Waals surface area contributed by atoms with Crippen LogP contribution in [0.1, 0.15) is 258 Å². The first-order chi connectivity index (χ1) is 25.1. The van der Waals surface area contributed by atoms with Crippen molar-refractivity contribution in [1.82, 2.24) is 0 Å². The van der Waals surface area contributed by atoms with E-state index in [4.69, 9.17) is 0 Å². The van der Waals surface area contributed by atoms with Crippen LogP contribution in [0.4, 0.5) is 0 Å². The molecule has 0 fully saturated rings. The minimum Gasteiger partial charge on any atom is -0.726 e. The minimum absolute atomic E-state index is 0. The van der Waals surface area contributed by atoms with Gasteiger partial charge in [-0.1, -0.05) is 245 Å². The van der Waals surface area contributed by atoms with Crippen LogP contribution in [0.3, 0.4) is 0 Å². The number of rotatable bonds is 42. The summed E-state index contributed by atoms with van der Waals surface area (Å²) in [6.45, 7) is 4.61. The van der Waals surface area contributed by atoms with Gasteiger partial charge in [0.2, 0.25) is 20.8 Å². The normalized spacial score (nSPS) is 11.7. The molecule has 0 aromatic rings. The molecule has 0 atom stereocenters. The van der Waals surface area contributed by atoms with E-state index in [9.17, 15) is 25.9 Å². The Morgan fingerprint density at radius 1 is 0.283 bits per heavy atom. The third kappa shape index (κ3) is 62.4. The maximum atomic E-state index is 10.2. The number of hydrogen-bond acceptors (Lipinski definition) is 8. The molecule has 0 saturated carbocycles. The van der Waals surface area contributed by atoms with Gasteiger partial charge in [0, 0.05) is 0 Å². The summed E-state index contributed by atoms with van der Waals surface area (Å²) >= 11 is 0. The molecular weight excluding hydrogens is 737 g/mol. The second-order valence-corrected chi connectivity index (χ2v) is 17.3. The van der Waals surface area contributed by atoms with Gasteiger partial charge in [0.1, 0.15) is 0 Å². The van der Waals surface area contributed by atoms with Crippen LogP contribution < -0.4 is 0 Å². The Balaban J connectivity index is -0.000000926. The molecule has 11 heteroatoms. The maximum Gasteiger partial charge on any atom is 2.00 e. The van der Waals surface area contributed by atoms with Gasteiger partial charge in [0.05, 0.1) is 13.2 Å². The van der Waals surface area contributed by atoms with Crippen LogP contribution in [0.5, 0.6) is 0 Å². The number of unbranched alkanes of at least 4 members (excludes halogenated alkanes) is 36. The van der Waals surface area contributed by atoms with Crippen LogP contribution in [0.25, 0.3) is 0 Å². The summed E-state index contributed by atoms with van der Waals surface area (Å²) < 4.78 is 69.8. The van der Waals surface area contributed by atoms with Crippen LogP contribution in [0.15, 0.2) is 0 Å². The summed E-state index contributed by atoms with van der Waals surface area (Å²) in [6.07, 6.45) is 49.4. The summed E-state index contributed by atoms with van der Waals surface area (Å²) in [5, 5.41) is 0. The third-order valence-corrected chi connectivity index (χ3v) is 10.9. The molecule has 0 aliphatic heterocycles. The monoisotopic (exact) mass is 823 g/mol. The molecule has 0 rings (SSSR count). The predicted octanol–water partition coefficient (Wildman–Crippen LogP) is 13.4. The summed E-state index contributed by atoms with van der Waals surface area (Å²) in [5.41, 5.74) is 0. The predicted molar refractivity (Wildman–Crippen MR) is 224 cm³/mol. The molecule has 0 unspecified atom stereocenters. The van der Waals surface area contributed by atoms with Crippen LogP contribution in [0, 0.1) is 0 Å². The van der Waals surface area contributed by atoms with E-state index in [-0.39, 0.29) is 51.0 Å². The van der Waals surface area contributed by atoms with Gasteiger partial charge in [-0.25, -0.2) is 16.8 Å². The summed E-state index contributed by atoms with van der Waals surface area (Å²) in [5.74, 6) is 0. The fourth-order valence-electron chi connectivity index (χ4n) is 6.68. The van der Waals surface area contributed by atoms with Crippen molar-refractivity contribution in [2.45, 2.75) is 258 Å². The molecule has 8 nitrogen and oxygen atoms in total. The van der Waals surface area contributed by atoms with E-state index in [1.165, 1.54) is 205 Å². The first-order valence-electron chi connectivity index (χ1n) is 22.3. The van der Waals surface area contributed by atoms with E-state index in [0.717, 1.165) is 25.7 Å². The van der Waals surface area contributed by atoms with Crippen molar-refractivity contribution in [2.75, 3.05) is 13.2 Å². The maximum absolute atomic E-state index is 10.2. The minimum atomic E-state index is -4.50. The van der Waals surface area contributed by atoms with Crippen molar-refractivity contribution in [3.8, 4) is 0 Å². The molecule has 0 aromatic heterocycles. The zero-order chi connectivity index (χ0) is 38.7. The van der Waals surface area contributed by atoms with E-state index >= 15 is 0 Å². The van der Waals surface area contributed by atoms with Crippen LogP contribution in [-0.4, -0.2) is 76.9 Å². The Morgan fingerprint density at radius 2 is 0.415 bits per heavy atom. The van der Waals surface area contributed by atoms with Crippen molar-refractivity contribution in [1.29, 1.82) is 0 Å². The van der Waals surface area contributed by atoms with Crippen LogP contribution in [0.2, 0.25) is 0 Å². The largest absolute Gasteiger partial charge is 2.00 e. The fourth-order valence-corrected chi connectivity index (χ4v) is 7.33. The Bertz CT molecular complexity index is 816. The zero-order valence-electron chi connectivity index (χ0n) is 35.1. The molecule has 0 aliphatic carbocycles. The molecule has 316 valence electrons. The molecule has 0 aromatic carbocycles. The van der Waals surface area contributed by atoms with Crippen molar-refractivity contribution in [2.24, 2.45) is 0 Å². The Kier molecular flexibility index (Phi) is 52.1. The standard InChI is InChI=1S/2C21H44O4S.Ca/c2*1-2-3-4-5-6-7-8-9-10-11-12-13-14-15-16-17-18-19-20-21-25-26(22,23)24;/h2*2-21H2,1H3,(H,22,23,24);/q;;+2/p-2. The third-order valence-electron chi connectivity index (χ3n) is 9.95. The SMILES string of the molecule is CCCCCCCCCCCCCCCCCCCCCOS(=O)(=O)[O-].CCCCCCCCCCCCCCCCCCCCCOS(=O)(=O)[O-].[Ca+2]. The molecule has 0 spiro atoms. The van der Waals surface area contributed by atoms with E-state index < -0.39 is 20.8 Å². The Hall–Kier alpha value is 1.000. The quantitative estimate of drug-likeness (QED) is 0.0257. The average Bonchev–Trinajstić information content (AvgIpc) is 3.09. The van der Waals surface area contributed by atoms with E-state index in [2.05, 4.69) is 22.2 Å². The van der Waals surface area contributed by atoms with Gasteiger partial charge in [0.15, 0.2) is 0 Å². The van der Waals surface area contributed by atoms with Gasteiger partial charge in [0.25, 0.3) is 0 Å². The molecule has 0 amide bonds. The second kappa shape index (κ2) is 47.4. The molecule has 53 heavy (non-hydrogen) atoms. The van der Waals surface area contributed by atoms with E-state index in [0.29, 0.717) is 12.8 Å². The van der Waals surface area contributed by atoms with Crippen molar-refractivity contribution in [3.05, 3.63) is 0 Å². The summed E-state index contributed by atoms with van der Waals surface area (Å²) in [4.78, 5) is 0. The summed E-state index contributed by atoms with van der Waals surface area (Å²) in [6, 6.07) is 0. The van der Waals surface area contributed by atoms with Crippen molar-refractivity contribution < 1.29 is 34.3 Å². The first kappa shape index (κ1) is 58.3. The van der Waals surface area contributed by atoms with E-state index in [1.807, 2.05) is 0 Å². The van der Waals surface area contributed by atoms with Crippen molar-refractivity contribution >= 4 is 58.5 Å². The Labute approximate surface area is 361 Å². The molecule has 0 heterocycles. The molecule has 0 radical (unpaired) electrons. The molecule has 0 saturated heterocycles. The molecule has 0 N–H and O–H groups in total. The second-order valence-electron chi connectivity index (χ2n) is 15.2. The molecule has 0 bridgehead atoms. The molecule has 0 aliphatic rings. The van der Waals surface area contributed by atoms with E-state index in [1.54, 1.807) is 0 Å². The van der Waals surface area contributed by atoms with Crippen LogP contribution >= 0.6 is 0 Å². The zero-order valence-corrected chi connectivity index (χ0v) is 38.9. The van der Waals surface area contributed by atoms with Gasteiger partial charge < -0.3 is 9.11 Å².